The van der Waals surface area contributed by atoms with Crippen LogP contribution in [0.25, 0.3) is 10.9 Å². The number of nitrogens with zero attached hydrogens (tertiary/aromatic N) is 1. The lowest BCUT2D eigenvalue weighted by atomic mass is 10.2. The SMILES string of the molecule is OCCNCc1[nH]nc2cc(Cl)ccc12. The minimum atomic E-state index is 0.137. The van der Waals surface area contributed by atoms with Crippen molar-refractivity contribution in [1.82, 2.24) is 15.5 Å². The average molecular weight is 226 g/mol. The predicted octanol–water partition coefficient (Wildman–Crippen LogP) is 1.30. The zero-order valence-corrected chi connectivity index (χ0v) is 8.88. The first-order valence-corrected chi connectivity index (χ1v) is 5.13. The highest BCUT2D eigenvalue weighted by Gasteiger charge is 2.04. The van der Waals surface area contributed by atoms with Crippen LogP contribution in [0.5, 0.6) is 0 Å². The van der Waals surface area contributed by atoms with E-state index in [4.69, 9.17) is 16.7 Å². The van der Waals surface area contributed by atoms with E-state index in [0.29, 0.717) is 18.1 Å². The largest absolute Gasteiger partial charge is 0.395 e. The van der Waals surface area contributed by atoms with Crippen LogP contribution >= 0.6 is 11.6 Å². The quantitative estimate of drug-likeness (QED) is 0.688. The molecule has 0 radical (unpaired) electrons. The second kappa shape index (κ2) is 4.61. The smallest absolute Gasteiger partial charge is 0.0939 e. The Bertz CT molecular complexity index is 455. The van der Waals surface area contributed by atoms with Crippen molar-refractivity contribution in [2.24, 2.45) is 0 Å². The molecule has 0 bridgehead atoms. The van der Waals surface area contributed by atoms with E-state index in [1.165, 1.54) is 0 Å². The number of rotatable bonds is 4. The van der Waals surface area contributed by atoms with Crippen LogP contribution in [0, 0.1) is 0 Å². The van der Waals surface area contributed by atoms with Crippen molar-refractivity contribution in [3.63, 3.8) is 0 Å². The highest BCUT2D eigenvalue weighted by molar-refractivity contribution is 6.31. The van der Waals surface area contributed by atoms with Crippen molar-refractivity contribution >= 4 is 22.5 Å². The predicted molar refractivity (Wildman–Crippen MR) is 59.9 cm³/mol. The first kappa shape index (κ1) is 10.4. The number of halogens is 1. The summed E-state index contributed by atoms with van der Waals surface area (Å²) in [5, 5.41) is 20.6. The first-order chi connectivity index (χ1) is 7.31. The third-order valence-electron chi connectivity index (χ3n) is 2.19. The van der Waals surface area contributed by atoms with Crippen LogP contribution in [0.2, 0.25) is 5.02 Å². The van der Waals surface area contributed by atoms with Gasteiger partial charge in [0.15, 0.2) is 0 Å². The van der Waals surface area contributed by atoms with Gasteiger partial charge in [-0.1, -0.05) is 11.6 Å². The minimum absolute atomic E-state index is 0.137. The molecule has 2 rings (SSSR count). The number of aromatic amines is 1. The molecule has 1 aromatic carbocycles. The fourth-order valence-electron chi connectivity index (χ4n) is 1.47. The molecule has 0 saturated heterocycles. The molecule has 15 heavy (non-hydrogen) atoms. The number of fused-ring (bicyclic) bond motifs is 1. The molecule has 0 aliphatic rings. The summed E-state index contributed by atoms with van der Waals surface area (Å²) in [7, 11) is 0. The van der Waals surface area contributed by atoms with E-state index in [-0.39, 0.29) is 6.61 Å². The fourth-order valence-corrected chi connectivity index (χ4v) is 1.63. The van der Waals surface area contributed by atoms with Gasteiger partial charge in [-0.05, 0) is 18.2 Å². The molecule has 0 atom stereocenters. The number of aromatic nitrogens is 2. The first-order valence-electron chi connectivity index (χ1n) is 4.75. The van der Waals surface area contributed by atoms with E-state index in [1.54, 1.807) is 0 Å². The van der Waals surface area contributed by atoms with Crippen molar-refractivity contribution in [3.8, 4) is 0 Å². The Balaban J connectivity index is 2.21. The highest BCUT2D eigenvalue weighted by atomic mass is 35.5. The Labute approximate surface area is 92.3 Å². The third-order valence-corrected chi connectivity index (χ3v) is 2.42. The maximum absolute atomic E-state index is 8.64. The number of aliphatic hydroxyl groups is 1. The van der Waals surface area contributed by atoms with Crippen molar-refractivity contribution in [3.05, 3.63) is 28.9 Å². The van der Waals surface area contributed by atoms with E-state index in [0.717, 1.165) is 16.6 Å². The zero-order chi connectivity index (χ0) is 10.7. The Kier molecular flexibility index (Phi) is 3.20. The molecule has 0 spiro atoms. The summed E-state index contributed by atoms with van der Waals surface area (Å²) in [6.45, 7) is 1.38. The monoisotopic (exact) mass is 225 g/mol. The fraction of sp³-hybridized carbons (Fsp3) is 0.300. The average Bonchev–Trinajstić information content (AvgIpc) is 2.61. The van der Waals surface area contributed by atoms with E-state index in [2.05, 4.69) is 15.5 Å². The van der Waals surface area contributed by atoms with Crippen LogP contribution in [0.15, 0.2) is 18.2 Å². The molecule has 0 amide bonds. The molecule has 80 valence electrons. The standard InChI is InChI=1S/C10H12ClN3O/c11-7-1-2-8-9(5-7)13-14-10(8)6-12-3-4-15/h1-2,5,12,15H,3-4,6H2,(H,13,14). The summed E-state index contributed by atoms with van der Waals surface area (Å²) >= 11 is 5.85. The second-order valence-electron chi connectivity index (χ2n) is 3.26. The second-order valence-corrected chi connectivity index (χ2v) is 3.70. The van der Waals surface area contributed by atoms with Crippen molar-refractivity contribution in [1.29, 1.82) is 0 Å². The van der Waals surface area contributed by atoms with E-state index in [1.807, 2.05) is 18.2 Å². The Hall–Kier alpha value is -1.10. The van der Waals surface area contributed by atoms with E-state index >= 15 is 0 Å². The normalized spacial score (nSPS) is 11.1. The number of H-pyrrole nitrogens is 1. The van der Waals surface area contributed by atoms with Crippen LogP contribution in [-0.4, -0.2) is 28.5 Å². The maximum Gasteiger partial charge on any atom is 0.0939 e. The lowest BCUT2D eigenvalue weighted by Crippen LogP contribution is -2.17. The molecule has 1 aromatic heterocycles. The van der Waals surface area contributed by atoms with E-state index < -0.39 is 0 Å². The summed E-state index contributed by atoms with van der Waals surface area (Å²) in [5.41, 5.74) is 1.87. The Morgan fingerprint density at radius 2 is 2.33 bits per heavy atom. The molecular formula is C10H12ClN3O. The van der Waals surface area contributed by atoms with Gasteiger partial charge in [0.2, 0.25) is 0 Å². The zero-order valence-electron chi connectivity index (χ0n) is 8.13. The molecule has 0 saturated carbocycles. The maximum atomic E-state index is 8.64. The van der Waals surface area contributed by atoms with Crippen LogP contribution < -0.4 is 5.32 Å². The van der Waals surface area contributed by atoms with Gasteiger partial charge in [0.1, 0.15) is 0 Å². The van der Waals surface area contributed by atoms with Crippen molar-refractivity contribution in [2.45, 2.75) is 6.54 Å². The summed E-state index contributed by atoms with van der Waals surface area (Å²) in [4.78, 5) is 0. The van der Waals surface area contributed by atoms with Gasteiger partial charge < -0.3 is 10.4 Å². The van der Waals surface area contributed by atoms with E-state index in [9.17, 15) is 0 Å². The Morgan fingerprint density at radius 1 is 1.47 bits per heavy atom. The molecule has 5 heteroatoms. The number of hydrogen-bond donors (Lipinski definition) is 3. The molecule has 1 heterocycles. The van der Waals surface area contributed by atoms with Crippen LogP contribution in [-0.2, 0) is 6.54 Å². The highest BCUT2D eigenvalue weighted by Crippen LogP contribution is 2.19. The van der Waals surface area contributed by atoms with Crippen molar-refractivity contribution in [2.75, 3.05) is 13.2 Å². The molecule has 0 unspecified atom stereocenters. The molecule has 3 N–H and O–H groups in total. The summed E-state index contributed by atoms with van der Waals surface area (Å²) in [6, 6.07) is 5.61. The van der Waals surface area contributed by atoms with Gasteiger partial charge in [-0.2, -0.15) is 5.10 Å². The lowest BCUT2D eigenvalue weighted by molar-refractivity contribution is 0.292. The van der Waals surface area contributed by atoms with Crippen LogP contribution in [0.3, 0.4) is 0 Å². The van der Waals surface area contributed by atoms with Gasteiger partial charge in [0.05, 0.1) is 17.8 Å². The molecule has 2 aromatic rings. The summed E-state index contributed by atoms with van der Waals surface area (Å²) in [5.74, 6) is 0. The van der Waals surface area contributed by atoms with Gasteiger partial charge in [0.25, 0.3) is 0 Å². The molecule has 0 aliphatic carbocycles. The number of hydrogen-bond acceptors (Lipinski definition) is 3. The number of nitrogens with one attached hydrogen (secondary N) is 2. The topological polar surface area (TPSA) is 60.9 Å². The van der Waals surface area contributed by atoms with Crippen LogP contribution in [0.4, 0.5) is 0 Å². The number of aliphatic hydroxyl groups excluding tert-OH is 1. The third kappa shape index (κ3) is 2.28. The lowest BCUT2D eigenvalue weighted by Gasteiger charge is -2.00. The van der Waals surface area contributed by atoms with Gasteiger partial charge in [-0.3, -0.25) is 5.10 Å². The number of benzene rings is 1. The van der Waals surface area contributed by atoms with Gasteiger partial charge >= 0.3 is 0 Å². The van der Waals surface area contributed by atoms with Crippen LogP contribution in [0.1, 0.15) is 5.69 Å². The summed E-state index contributed by atoms with van der Waals surface area (Å²) < 4.78 is 0. The van der Waals surface area contributed by atoms with Gasteiger partial charge in [-0.25, -0.2) is 0 Å². The molecule has 0 fully saturated rings. The van der Waals surface area contributed by atoms with Gasteiger partial charge in [-0.15, -0.1) is 0 Å². The summed E-state index contributed by atoms with van der Waals surface area (Å²) in [6.07, 6.45) is 0. The van der Waals surface area contributed by atoms with Gasteiger partial charge in [0, 0.05) is 23.5 Å². The molecule has 0 aliphatic heterocycles. The van der Waals surface area contributed by atoms with Crippen molar-refractivity contribution < 1.29 is 5.11 Å². The minimum Gasteiger partial charge on any atom is -0.395 e. The Morgan fingerprint density at radius 3 is 3.13 bits per heavy atom. The molecule has 4 nitrogen and oxygen atoms in total. The molecular weight excluding hydrogens is 214 g/mol.